The molecule has 0 fully saturated rings. The molecular formula is C58H100N2O6P+. The number of carbonyl (C=O) groups excluding carboxylic acids is 1. The van der Waals surface area contributed by atoms with E-state index in [4.69, 9.17) is 9.05 Å². The minimum absolute atomic E-state index is 0.0662. The third-order valence-corrected chi connectivity index (χ3v) is 12.0. The van der Waals surface area contributed by atoms with Crippen LogP contribution in [0.2, 0.25) is 0 Å². The maximum absolute atomic E-state index is 12.8. The van der Waals surface area contributed by atoms with E-state index in [9.17, 15) is 19.4 Å². The number of carbonyl (C=O) groups is 1. The first-order valence-corrected chi connectivity index (χ1v) is 27.9. The Kier molecular flexibility index (Phi) is 45.7. The number of unbranched alkanes of at least 4 members (excludes halogenated alkanes) is 13. The molecule has 3 N–H and O–H groups in total. The van der Waals surface area contributed by atoms with Crippen molar-refractivity contribution in [2.45, 2.75) is 199 Å². The van der Waals surface area contributed by atoms with E-state index in [0.29, 0.717) is 23.9 Å². The van der Waals surface area contributed by atoms with Gasteiger partial charge in [-0.2, -0.15) is 0 Å². The SMILES string of the molecule is CC/C=C\C/C=C\C/C=C\C/C=C\C/C=C\C/C=C\C/C=C\C/C=C\C/C=C\C/C=C\CCCCCCCCCCC(=O)NC(COP(=O)(O)OCC[N+](C)(C)C)C(O)CCCCCCCC. The summed E-state index contributed by atoms with van der Waals surface area (Å²) in [6.07, 6.45) is 71.5. The molecule has 8 nitrogen and oxygen atoms in total. The van der Waals surface area contributed by atoms with Crippen molar-refractivity contribution in [2.24, 2.45) is 0 Å². The first-order valence-electron chi connectivity index (χ1n) is 26.4. The number of allylic oxidation sites excluding steroid dienone is 20. The number of quaternary nitrogens is 1. The Bertz CT molecular complexity index is 1500. The summed E-state index contributed by atoms with van der Waals surface area (Å²) < 4.78 is 23.5. The van der Waals surface area contributed by atoms with Gasteiger partial charge in [0.15, 0.2) is 0 Å². The van der Waals surface area contributed by atoms with Crippen LogP contribution in [-0.4, -0.2) is 73.4 Å². The van der Waals surface area contributed by atoms with Crippen molar-refractivity contribution in [3.8, 4) is 0 Å². The zero-order valence-corrected chi connectivity index (χ0v) is 44.2. The van der Waals surface area contributed by atoms with Gasteiger partial charge in [-0.3, -0.25) is 13.8 Å². The molecule has 0 rings (SSSR count). The molecule has 0 aliphatic rings. The molecule has 0 aromatic carbocycles. The van der Waals surface area contributed by atoms with Crippen LogP contribution in [0.3, 0.4) is 0 Å². The second-order valence-electron chi connectivity index (χ2n) is 18.5. The van der Waals surface area contributed by atoms with Crippen LogP contribution in [0, 0.1) is 0 Å². The van der Waals surface area contributed by atoms with Gasteiger partial charge in [0, 0.05) is 6.42 Å². The van der Waals surface area contributed by atoms with Crippen LogP contribution in [0.1, 0.15) is 187 Å². The normalized spacial score (nSPS) is 15.0. The zero-order chi connectivity index (χ0) is 49.2. The summed E-state index contributed by atoms with van der Waals surface area (Å²) in [5, 5.41) is 13.8. The summed E-state index contributed by atoms with van der Waals surface area (Å²) in [4.78, 5) is 23.1. The van der Waals surface area contributed by atoms with E-state index >= 15 is 0 Å². The van der Waals surface area contributed by atoms with Gasteiger partial charge in [-0.05, 0) is 89.9 Å². The van der Waals surface area contributed by atoms with Gasteiger partial charge in [-0.1, -0.05) is 212 Å². The number of rotatable bonds is 46. The molecule has 0 bridgehead atoms. The lowest BCUT2D eigenvalue weighted by Crippen LogP contribution is -2.46. The molecule has 0 aromatic rings. The average molecular weight is 952 g/mol. The van der Waals surface area contributed by atoms with Gasteiger partial charge in [-0.15, -0.1) is 0 Å². The van der Waals surface area contributed by atoms with Crippen molar-refractivity contribution >= 4 is 13.7 Å². The Morgan fingerprint density at radius 2 is 0.896 bits per heavy atom. The first kappa shape index (κ1) is 63.9. The topological polar surface area (TPSA) is 105 Å². The Labute approximate surface area is 412 Å². The molecular weight excluding hydrogens is 852 g/mol. The highest BCUT2D eigenvalue weighted by molar-refractivity contribution is 7.47. The molecule has 9 heteroatoms. The number of aliphatic hydroxyl groups excluding tert-OH is 1. The quantitative estimate of drug-likeness (QED) is 0.0243. The van der Waals surface area contributed by atoms with Gasteiger partial charge in [0.1, 0.15) is 13.2 Å². The van der Waals surface area contributed by atoms with Crippen molar-refractivity contribution in [1.82, 2.24) is 5.32 Å². The molecule has 0 saturated heterocycles. The van der Waals surface area contributed by atoms with Crippen molar-refractivity contribution in [1.29, 1.82) is 0 Å². The molecule has 3 atom stereocenters. The molecule has 0 spiro atoms. The fourth-order valence-electron chi connectivity index (χ4n) is 6.84. The Morgan fingerprint density at radius 3 is 1.31 bits per heavy atom. The summed E-state index contributed by atoms with van der Waals surface area (Å²) >= 11 is 0. The van der Waals surface area contributed by atoms with Crippen LogP contribution >= 0.6 is 7.82 Å². The third-order valence-electron chi connectivity index (χ3n) is 11.0. The fourth-order valence-corrected chi connectivity index (χ4v) is 7.57. The lowest BCUT2D eigenvalue weighted by atomic mass is 10.0. The van der Waals surface area contributed by atoms with Crippen LogP contribution in [0.15, 0.2) is 122 Å². The first-order chi connectivity index (χ1) is 32.5. The van der Waals surface area contributed by atoms with Crippen molar-refractivity contribution in [3.05, 3.63) is 122 Å². The number of nitrogens with one attached hydrogen (secondary N) is 1. The Hall–Kier alpha value is -3.10. The van der Waals surface area contributed by atoms with E-state index in [-0.39, 0.29) is 19.1 Å². The van der Waals surface area contributed by atoms with E-state index in [1.54, 1.807) is 0 Å². The lowest BCUT2D eigenvalue weighted by molar-refractivity contribution is -0.870. The van der Waals surface area contributed by atoms with Crippen molar-refractivity contribution in [3.63, 3.8) is 0 Å². The number of nitrogens with zero attached hydrogens (tertiary/aromatic N) is 1. The summed E-state index contributed by atoms with van der Waals surface area (Å²) in [5.74, 6) is -0.165. The third kappa shape index (κ3) is 50.6. The fraction of sp³-hybridized carbons (Fsp3) is 0.638. The number of hydrogen-bond donors (Lipinski definition) is 3. The van der Waals surface area contributed by atoms with E-state index in [2.05, 4.69) is 141 Å². The van der Waals surface area contributed by atoms with Gasteiger partial charge in [-0.25, -0.2) is 4.57 Å². The minimum Gasteiger partial charge on any atom is -0.391 e. The van der Waals surface area contributed by atoms with Crippen LogP contribution in [0.4, 0.5) is 0 Å². The number of phosphoric ester groups is 1. The predicted molar refractivity (Wildman–Crippen MR) is 290 cm³/mol. The maximum atomic E-state index is 12.8. The Balaban J connectivity index is 3.98. The van der Waals surface area contributed by atoms with Crippen LogP contribution in [-0.2, 0) is 18.4 Å². The average Bonchev–Trinajstić information content (AvgIpc) is 3.29. The van der Waals surface area contributed by atoms with Gasteiger partial charge >= 0.3 is 7.82 Å². The van der Waals surface area contributed by atoms with E-state index in [1.807, 2.05) is 21.1 Å². The predicted octanol–water partition coefficient (Wildman–Crippen LogP) is 15.8. The van der Waals surface area contributed by atoms with Gasteiger partial charge < -0.3 is 19.8 Å². The largest absolute Gasteiger partial charge is 0.472 e. The van der Waals surface area contributed by atoms with Crippen LogP contribution in [0.25, 0.3) is 0 Å². The minimum atomic E-state index is -4.31. The maximum Gasteiger partial charge on any atom is 0.472 e. The van der Waals surface area contributed by atoms with E-state index in [0.717, 1.165) is 109 Å². The molecule has 0 aromatic heterocycles. The van der Waals surface area contributed by atoms with Crippen molar-refractivity contribution in [2.75, 3.05) is 40.9 Å². The van der Waals surface area contributed by atoms with E-state index in [1.165, 1.54) is 51.4 Å². The number of amides is 1. The van der Waals surface area contributed by atoms with Gasteiger partial charge in [0.2, 0.25) is 5.91 Å². The number of aliphatic hydroxyl groups is 1. The van der Waals surface area contributed by atoms with Gasteiger partial charge in [0.05, 0.1) is 39.9 Å². The van der Waals surface area contributed by atoms with Crippen LogP contribution in [0.5, 0.6) is 0 Å². The monoisotopic (exact) mass is 952 g/mol. The molecule has 67 heavy (non-hydrogen) atoms. The zero-order valence-electron chi connectivity index (χ0n) is 43.3. The highest BCUT2D eigenvalue weighted by Gasteiger charge is 2.28. The number of phosphoric acid groups is 1. The number of hydrogen-bond acceptors (Lipinski definition) is 5. The highest BCUT2D eigenvalue weighted by Crippen LogP contribution is 2.43. The summed E-state index contributed by atoms with van der Waals surface area (Å²) in [5.41, 5.74) is 0. The molecule has 0 saturated carbocycles. The van der Waals surface area contributed by atoms with Crippen molar-refractivity contribution < 1.29 is 32.9 Å². The molecule has 0 aliphatic heterocycles. The van der Waals surface area contributed by atoms with Crippen LogP contribution < -0.4 is 5.32 Å². The molecule has 0 heterocycles. The summed E-state index contributed by atoms with van der Waals surface area (Å²) in [6.45, 7) is 4.67. The summed E-state index contributed by atoms with van der Waals surface area (Å²) in [7, 11) is 1.59. The second kappa shape index (κ2) is 47.9. The van der Waals surface area contributed by atoms with E-state index < -0.39 is 20.0 Å². The molecule has 0 aliphatic carbocycles. The lowest BCUT2D eigenvalue weighted by Gasteiger charge is -2.26. The Morgan fingerprint density at radius 1 is 0.522 bits per heavy atom. The summed E-state index contributed by atoms with van der Waals surface area (Å²) in [6, 6.07) is -0.769. The molecule has 0 radical (unpaired) electrons. The standard InChI is InChI=1S/C58H99N2O6P/c1-6-8-10-12-14-15-16-17-18-19-20-21-22-23-24-25-26-27-28-29-30-31-32-33-34-35-36-37-38-39-40-41-42-43-44-45-46-48-50-52-58(62)59-56(57(61)51-49-47-13-11-9-7-2)55-66-67(63,64)65-54-53-60(3,4)5/h8,10,14-15,17-18,20-21,23-24,26-27,29-30,32-33,35-36,38-39,56-57,61H,6-7,9,11-13,16,19,22,25,28,31,34,37,40-55H2,1-5H3,(H-,59,62,63,64)/p+1/b10-8-,15-14-,18-17-,21-20-,24-23-,27-26-,30-29-,33-32-,36-35-,39-38-. The second-order valence-corrected chi connectivity index (χ2v) is 20.0. The number of likely N-dealkylation sites (N-methyl/N-ethyl adjacent to an activating group) is 1. The highest BCUT2D eigenvalue weighted by atomic mass is 31.2. The molecule has 1 amide bonds. The van der Waals surface area contributed by atoms with Gasteiger partial charge in [0.25, 0.3) is 0 Å². The molecule has 382 valence electrons. The smallest absolute Gasteiger partial charge is 0.391 e. The molecule has 3 unspecified atom stereocenters.